The van der Waals surface area contributed by atoms with Crippen molar-refractivity contribution in [2.75, 3.05) is 18.5 Å². The molecule has 1 amide bonds. The lowest BCUT2D eigenvalue weighted by molar-refractivity contribution is -0.133. The standard InChI is InChI=1S/C23H29N5O/c1-23(12-4-5-13-23)28-15-11-19(22(28)29)27(2)21-16-8-7-10-17(16)25-20(26-21)18-9-3-6-14-24-18/h3,6,9,14,19H,4-5,7-8,10-13,15H2,1-2H3/t19-/m0/s1. The normalized spacial score (nSPS) is 22.9. The Morgan fingerprint density at radius 1 is 1.14 bits per heavy atom. The van der Waals surface area contributed by atoms with Crippen LogP contribution in [0.5, 0.6) is 0 Å². The molecule has 6 nitrogen and oxygen atoms in total. The van der Waals surface area contributed by atoms with Gasteiger partial charge >= 0.3 is 0 Å². The third-order valence-electron chi connectivity index (χ3n) is 7.12. The summed E-state index contributed by atoms with van der Waals surface area (Å²) in [6.45, 7) is 3.12. The van der Waals surface area contributed by atoms with E-state index < -0.39 is 0 Å². The Bertz CT molecular complexity index is 922. The first kappa shape index (κ1) is 18.5. The predicted molar refractivity (Wildman–Crippen MR) is 113 cm³/mol. The van der Waals surface area contributed by atoms with Gasteiger partial charge in [0.2, 0.25) is 5.91 Å². The van der Waals surface area contributed by atoms with Crippen LogP contribution in [0.1, 0.15) is 56.7 Å². The summed E-state index contributed by atoms with van der Waals surface area (Å²) in [7, 11) is 2.03. The number of nitrogens with zero attached hydrogens (tertiary/aromatic N) is 5. The molecule has 3 aliphatic rings. The molecule has 0 radical (unpaired) electrons. The Morgan fingerprint density at radius 3 is 2.72 bits per heavy atom. The van der Waals surface area contributed by atoms with Crippen LogP contribution in [0.4, 0.5) is 5.82 Å². The van der Waals surface area contributed by atoms with Crippen LogP contribution in [0.25, 0.3) is 11.5 Å². The van der Waals surface area contributed by atoms with Crippen LogP contribution >= 0.6 is 0 Å². The van der Waals surface area contributed by atoms with Gasteiger partial charge < -0.3 is 9.80 Å². The summed E-state index contributed by atoms with van der Waals surface area (Å²) in [4.78, 5) is 31.8. The Balaban J connectivity index is 1.48. The van der Waals surface area contributed by atoms with Crippen molar-refractivity contribution in [3.8, 4) is 11.5 Å². The van der Waals surface area contributed by atoms with E-state index in [1.165, 1.54) is 18.4 Å². The lowest BCUT2D eigenvalue weighted by Gasteiger charge is -2.36. The van der Waals surface area contributed by atoms with Crippen LogP contribution in [0.3, 0.4) is 0 Å². The number of aromatic nitrogens is 3. The monoisotopic (exact) mass is 391 g/mol. The van der Waals surface area contributed by atoms with Gasteiger partial charge in [-0.25, -0.2) is 9.97 Å². The number of anilines is 1. The van der Waals surface area contributed by atoms with Crippen molar-refractivity contribution in [2.45, 2.75) is 69.9 Å². The van der Waals surface area contributed by atoms with Crippen molar-refractivity contribution in [3.63, 3.8) is 0 Å². The molecule has 5 rings (SSSR count). The number of carbonyl (C=O) groups is 1. The van der Waals surface area contributed by atoms with Crippen molar-refractivity contribution in [2.24, 2.45) is 0 Å². The van der Waals surface area contributed by atoms with Gasteiger partial charge in [0.15, 0.2) is 5.82 Å². The number of likely N-dealkylation sites (tertiary alicyclic amines) is 1. The molecule has 0 spiro atoms. The van der Waals surface area contributed by atoms with E-state index in [0.717, 1.165) is 62.3 Å². The minimum Gasteiger partial charge on any atom is -0.347 e. The van der Waals surface area contributed by atoms with E-state index >= 15 is 0 Å². The molecular weight excluding hydrogens is 362 g/mol. The first-order valence-electron chi connectivity index (χ1n) is 10.9. The van der Waals surface area contributed by atoms with E-state index in [9.17, 15) is 4.79 Å². The maximum atomic E-state index is 13.4. The lowest BCUT2D eigenvalue weighted by atomic mass is 9.98. The minimum atomic E-state index is -0.136. The number of rotatable bonds is 4. The average Bonchev–Trinajstić information content (AvgIpc) is 3.47. The molecule has 1 saturated carbocycles. The van der Waals surface area contributed by atoms with Crippen molar-refractivity contribution < 1.29 is 4.79 Å². The SMILES string of the molecule is CN(c1nc(-c2ccccn2)nc2c1CCC2)[C@H]1CCN(C2(C)CCCC2)C1=O. The summed E-state index contributed by atoms with van der Waals surface area (Å²) >= 11 is 0. The minimum absolute atomic E-state index is 0.0411. The second kappa shape index (κ2) is 7.08. The van der Waals surface area contributed by atoms with E-state index in [1.54, 1.807) is 6.20 Å². The fourth-order valence-electron chi connectivity index (χ4n) is 5.43. The van der Waals surface area contributed by atoms with E-state index in [-0.39, 0.29) is 17.5 Å². The summed E-state index contributed by atoms with van der Waals surface area (Å²) in [5, 5.41) is 0. The number of hydrogen-bond donors (Lipinski definition) is 0. The van der Waals surface area contributed by atoms with Gasteiger partial charge in [0.25, 0.3) is 0 Å². The highest BCUT2D eigenvalue weighted by atomic mass is 16.2. The Morgan fingerprint density at radius 2 is 1.97 bits per heavy atom. The first-order valence-corrected chi connectivity index (χ1v) is 10.9. The van der Waals surface area contributed by atoms with Crippen molar-refractivity contribution in [1.29, 1.82) is 0 Å². The van der Waals surface area contributed by atoms with E-state index in [1.807, 2.05) is 25.2 Å². The molecule has 0 N–H and O–H groups in total. The molecule has 1 saturated heterocycles. The lowest BCUT2D eigenvalue weighted by Crippen LogP contribution is -2.49. The van der Waals surface area contributed by atoms with E-state index in [2.05, 4.69) is 21.7 Å². The maximum Gasteiger partial charge on any atom is 0.245 e. The molecule has 1 atom stereocenters. The molecule has 6 heteroatoms. The zero-order chi connectivity index (χ0) is 20.0. The smallest absolute Gasteiger partial charge is 0.245 e. The van der Waals surface area contributed by atoms with Crippen LogP contribution in [-0.4, -0.2) is 50.9 Å². The molecule has 0 aromatic carbocycles. The molecule has 2 aliphatic carbocycles. The van der Waals surface area contributed by atoms with Crippen molar-refractivity contribution in [1.82, 2.24) is 19.9 Å². The average molecular weight is 392 g/mol. The number of hydrogen-bond acceptors (Lipinski definition) is 5. The number of likely N-dealkylation sites (N-methyl/N-ethyl adjacent to an activating group) is 1. The predicted octanol–water partition coefficient (Wildman–Crippen LogP) is 3.40. The topological polar surface area (TPSA) is 62.2 Å². The highest BCUT2D eigenvalue weighted by Crippen LogP contribution is 2.39. The van der Waals surface area contributed by atoms with Gasteiger partial charge in [0.1, 0.15) is 17.6 Å². The quantitative estimate of drug-likeness (QED) is 0.799. The van der Waals surface area contributed by atoms with Crippen LogP contribution in [0.15, 0.2) is 24.4 Å². The van der Waals surface area contributed by atoms with E-state index in [4.69, 9.17) is 9.97 Å². The second-order valence-electron chi connectivity index (χ2n) is 8.97. The Labute approximate surface area is 172 Å². The zero-order valence-electron chi connectivity index (χ0n) is 17.4. The summed E-state index contributed by atoms with van der Waals surface area (Å²) in [6.07, 6.45) is 10.4. The molecule has 1 aliphatic heterocycles. The molecule has 2 aromatic rings. The summed E-state index contributed by atoms with van der Waals surface area (Å²) in [5.74, 6) is 1.85. The van der Waals surface area contributed by atoms with E-state index in [0.29, 0.717) is 5.82 Å². The first-order chi connectivity index (χ1) is 14.1. The molecule has 0 unspecified atom stereocenters. The van der Waals surface area contributed by atoms with Gasteiger partial charge in [-0.05, 0) is 57.6 Å². The van der Waals surface area contributed by atoms with Crippen molar-refractivity contribution >= 4 is 11.7 Å². The number of fused-ring (bicyclic) bond motifs is 1. The summed E-state index contributed by atoms with van der Waals surface area (Å²) < 4.78 is 0. The molecule has 152 valence electrons. The zero-order valence-corrected chi connectivity index (χ0v) is 17.4. The molecule has 3 heterocycles. The molecule has 0 bridgehead atoms. The second-order valence-corrected chi connectivity index (χ2v) is 8.97. The van der Waals surface area contributed by atoms with Gasteiger partial charge in [-0.3, -0.25) is 9.78 Å². The third kappa shape index (κ3) is 3.09. The fourth-order valence-corrected chi connectivity index (χ4v) is 5.43. The van der Waals surface area contributed by atoms with Gasteiger partial charge in [0, 0.05) is 36.6 Å². The highest BCUT2D eigenvalue weighted by Gasteiger charge is 2.45. The number of carbonyl (C=O) groups excluding carboxylic acids is 1. The van der Waals surface area contributed by atoms with Gasteiger partial charge in [-0.1, -0.05) is 18.9 Å². The van der Waals surface area contributed by atoms with Crippen molar-refractivity contribution in [3.05, 3.63) is 35.7 Å². The number of aryl methyl sites for hydroxylation is 1. The highest BCUT2D eigenvalue weighted by molar-refractivity contribution is 5.88. The maximum absolute atomic E-state index is 13.4. The van der Waals surface area contributed by atoms with Gasteiger partial charge in [-0.2, -0.15) is 0 Å². The Kier molecular flexibility index (Phi) is 4.52. The number of pyridine rings is 1. The number of amides is 1. The van der Waals surface area contributed by atoms with Gasteiger partial charge in [-0.15, -0.1) is 0 Å². The molecular formula is C23H29N5O. The summed E-state index contributed by atoms with van der Waals surface area (Å²) in [5.41, 5.74) is 3.16. The molecule has 29 heavy (non-hydrogen) atoms. The van der Waals surface area contributed by atoms with Crippen LogP contribution < -0.4 is 4.90 Å². The molecule has 2 fully saturated rings. The fraction of sp³-hybridized carbons (Fsp3) is 0.565. The van der Waals surface area contributed by atoms with Crippen LogP contribution in [0, 0.1) is 0 Å². The third-order valence-corrected chi connectivity index (χ3v) is 7.12. The molecule has 2 aromatic heterocycles. The van der Waals surface area contributed by atoms with Crippen LogP contribution in [-0.2, 0) is 17.6 Å². The Hall–Kier alpha value is -2.50. The van der Waals surface area contributed by atoms with Crippen LogP contribution in [0.2, 0.25) is 0 Å². The van der Waals surface area contributed by atoms with Gasteiger partial charge in [0.05, 0.1) is 0 Å². The largest absolute Gasteiger partial charge is 0.347 e. The summed E-state index contributed by atoms with van der Waals surface area (Å²) in [6, 6.07) is 5.68.